The lowest BCUT2D eigenvalue weighted by Gasteiger charge is -2.15. The van der Waals surface area contributed by atoms with Crippen molar-refractivity contribution in [2.45, 2.75) is 12.5 Å². The molecule has 1 aromatic carbocycles. The zero-order chi connectivity index (χ0) is 13.5. The summed E-state index contributed by atoms with van der Waals surface area (Å²) >= 11 is 0. The normalized spacial score (nSPS) is 12.0. The first-order valence-electron chi connectivity index (χ1n) is 5.85. The van der Waals surface area contributed by atoms with Crippen LogP contribution in [0.15, 0.2) is 24.3 Å². The van der Waals surface area contributed by atoms with Crippen molar-refractivity contribution in [2.24, 2.45) is 0 Å². The lowest BCUT2D eigenvalue weighted by atomic mass is 10.1. The molecule has 1 amide bonds. The van der Waals surface area contributed by atoms with Gasteiger partial charge in [0, 0.05) is 26.3 Å². The van der Waals surface area contributed by atoms with Gasteiger partial charge in [0.15, 0.2) is 0 Å². The number of anilines is 1. The topological polar surface area (TPSA) is 72.8 Å². The van der Waals surface area contributed by atoms with Crippen LogP contribution < -0.4 is 5.32 Å². The Bertz CT molecular complexity index is 394. The number of likely N-dealkylation sites (N-methyl/N-ethyl adjacent to an activating group) is 1. The number of amides is 1. The summed E-state index contributed by atoms with van der Waals surface area (Å²) in [4.78, 5) is 13.2. The summed E-state index contributed by atoms with van der Waals surface area (Å²) in [6.07, 6.45) is -0.492. The standard InChI is InChI=1S/C13H20N2O3/c1-15(2)13(18)7-10-5-3-4-6-12(10)14-8-11(17)9-16/h3-6,11,14,16-17H,7-9H2,1-2H3. The second-order valence-corrected chi connectivity index (χ2v) is 4.34. The van der Waals surface area contributed by atoms with Crippen molar-refractivity contribution in [2.75, 3.05) is 32.6 Å². The van der Waals surface area contributed by atoms with Crippen molar-refractivity contribution in [3.05, 3.63) is 29.8 Å². The van der Waals surface area contributed by atoms with Gasteiger partial charge in [-0.1, -0.05) is 18.2 Å². The van der Waals surface area contributed by atoms with Gasteiger partial charge in [0.05, 0.1) is 19.1 Å². The number of para-hydroxylation sites is 1. The molecule has 0 radical (unpaired) electrons. The molecule has 3 N–H and O–H groups in total. The Balaban J connectivity index is 2.70. The van der Waals surface area contributed by atoms with Gasteiger partial charge in [0.2, 0.25) is 5.91 Å². The van der Waals surface area contributed by atoms with Crippen LogP contribution in [0.2, 0.25) is 0 Å². The minimum absolute atomic E-state index is 0.0203. The molecule has 100 valence electrons. The Labute approximate surface area is 107 Å². The van der Waals surface area contributed by atoms with E-state index in [0.717, 1.165) is 11.3 Å². The maximum atomic E-state index is 11.7. The molecule has 18 heavy (non-hydrogen) atoms. The summed E-state index contributed by atoms with van der Waals surface area (Å²) in [7, 11) is 3.43. The molecule has 0 fully saturated rings. The van der Waals surface area contributed by atoms with Crippen LogP contribution >= 0.6 is 0 Å². The number of hydrogen-bond donors (Lipinski definition) is 3. The number of carbonyl (C=O) groups is 1. The molecular weight excluding hydrogens is 232 g/mol. The molecular formula is C13H20N2O3. The van der Waals surface area contributed by atoms with Gasteiger partial charge in [-0.2, -0.15) is 0 Å². The van der Waals surface area contributed by atoms with Crippen molar-refractivity contribution >= 4 is 11.6 Å². The van der Waals surface area contributed by atoms with Crippen LogP contribution in [0.1, 0.15) is 5.56 Å². The quantitative estimate of drug-likeness (QED) is 0.670. The second-order valence-electron chi connectivity index (χ2n) is 4.34. The number of carbonyl (C=O) groups excluding carboxylic acids is 1. The SMILES string of the molecule is CN(C)C(=O)Cc1ccccc1NCC(O)CO. The van der Waals surface area contributed by atoms with Gasteiger partial charge >= 0.3 is 0 Å². The van der Waals surface area contributed by atoms with E-state index >= 15 is 0 Å². The van der Waals surface area contributed by atoms with Gasteiger partial charge in [-0.15, -0.1) is 0 Å². The molecule has 1 unspecified atom stereocenters. The Morgan fingerprint density at radius 2 is 2.06 bits per heavy atom. The molecule has 1 rings (SSSR count). The van der Waals surface area contributed by atoms with E-state index in [4.69, 9.17) is 5.11 Å². The number of aliphatic hydroxyl groups is 2. The third kappa shape index (κ3) is 4.35. The highest BCUT2D eigenvalue weighted by Crippen LogP contribution is 2.16. The maximum Gasteiger partial charge on any atom is 0.226 e. The number of nitrogens with zero attached hydrogens (tertiary/aromatic N) is 1. The average Bonchev–Trinajstić information content (AvgIpc) is 2.37. The summed E-state index contributed by atoms with van der Waals surface area (Å²) in [5, 5.41) is 21.1. The smallest absolute Gasteiger partial charge is 0.226 e. The van der Waals surface area contributed by atoms with Crippen LogP contribution in [0.3, 0.4) is 0 Å². The third-order valence-corrected chi connectivity index (χ3v) is 2.60. The number of hydrogen-bond acceptors (Lipinski definition) is 4. The van der Waals surface area contributed by atoms with E-state index < -0.39 is 6.10 Å². The summed E-state index contributed by atoms with van der Waals surface area (Å²) in [5.74, 6) is 0.0203. The molecule has 1 aromatic rings. The van der Waals surface area contributed by atoms with E-state index in [0.29, 0.717) is 6.42 Å². The molecule has 1 atom stereocenters. The van der Waals surface area contributed by atoms with Crippen molar-refractivity contribution in [1.29, 1.82) is 0 Å². The van der Waals surface area contributed by atoms with Crippen LogP contribution in [0.25, 0.3) is 0 Å². The number of benzene rings is 1. The first kappa shape index (κ1) is 14.5. The van der Waals surface area contributed by atoms with Gasteiger partial charge in [0.25, 0.3) is 0 Å². The minimum Gasteiger partial charge on any atom is -0.394 e. The lowest BCUT2D eigenvalue weighted by Crippen LogP contribution is -2.25. The van der Waals surface area contributed by atoms with E-state index in [9.17, 15) is 9.90 Å². The Hall–Kier alpha value is -1.59. The number of nitrogens with one attached hydrogen (secondary N) is 1. The summed E-state index contributed by atoms with van der Waals surface area (Å²) in [6.45, 7) is -0.0323. The highest BCUT2D eigenvalue weighted by atomic mass is 16.3. The third-order valence-electron chi connectivity index (χ3n) is 2.60. The van der Waals surface area contributed by atoms with E-state index in [1.54, 1.807) is 19.0 Å². The van der Waals surface area contributed by atoms with Crippen LogP contribution in [-0.2, 0) is 11.2 Å². The van der Waals surface area contributed by atoms with Crippen molar-refractivity contribution in [3.8, 4) is 0 Å². The zero-order valence-electron chi connectivity index (χ0n) is 10.8. The molecule has 0 aliphatic carbocycles. The van der Waals surface area contributed by atoms with Gasteiger partial charge in [-0.25, -0.2) is 0 Å². The van der Waals surface area contributed by atoms with Crippen LogP contribution in [0.4, 0.5) is 5.69 Å². The van der Waals surface area contributed by atoms with Gasteiger partial charge in [-0.3, -0.25) is 4.79 Å². The van der Waals surface area contributed by atoms with Crippen LogP contribution in [0, 0.1) is 0 Å². The number of aliphatic hydroxyl groups excluding tert-OH is 2. The fraction of sp³-hybridized carbons (Fsp3) is 0.462. The van der Waals surface area contributed by atoms with Gasteiger partial charge in [-0.05, 0) is 11.6 Å². The molecule has 0 spiro atoms. The fourth-order valence-corrected chi connectivity index (χ4v) is 1.46. The zero-order valence-corrected chi connectivity index (χ0v) is 10.8. The molecule has 5 nitrogen and oxygen atoms in total. The number of rotatable bonds is 6. The van der Waals surface area contributed by atoms with Gasteiger partial charge in [0.1, 0.15) is 0 Å². The summed E-state index contributed by atoms with van der Waals surface area (Å²) in [5.41, 5.74) is 1.68. The van der Waals surface area contributed by atoms with Crippen molar-refractivity contribution in [1.82, 2.24) is 4.90 Å². The Kier molecular flexibility index (Phi) is 5.61. The van der Waals surface area contributed by atoms with E-state index in [1.165, 1.54) is 0 Å². The summed E-state index contributed by atoms with van der Waals surface area (Å²) < 4.78 is 0. The highest BCUT2D eigenvalue weighted by molar-refractivity contribution is 5.80. The average molecular weight is 252 g/mol. The van der Waals surface area contributed by atoms with E-state index in [1.807, 2.05) is 24.3 Å². The van der Waals surface area contributed by atoms with Crippen molar-refractivity contribution < 1.29 is 15.0 Å². The van der Waals surface area contributed by atoms with Crippen molar-refractivity contribution in [3.63, 3.8) is 0 Å². The first-order valence-corrected chi connectivity index (χ1v) is 5.85. The van der Waals surface area contributed by atoms with Crippen LogP contribution in [0.5, 0.6) is 0 Å². The molecule has 0 bridgehead atoms. The molecule has 0 aromatic heterocycles. The summed E-state index contributed by atoms with van der Waals surface area (Å²) in [6, 6.07) is 7.45. The molecule has 0 heterocycles. The minimum atomic E-state index is -0.803. The van der Waals surface area contributed by atoms with E-state index in [-0.39, 0.29) is 19.1 Å². The fourth-order valence-electron chi connectivity index (χ4n) is 1.46. The van der Waals surface area contributed by atoms with Gasteiger partial charge < -0.3 is 20.4 Å². The maximum absolute atomic E-state index is 11.7. The predicted octanol–water partition coefficient (Wildman–Crippen LogP) is 0.0824. The van der Waals surface area contributed by atoms with E-state index in [2.05, 4.69) is 5.32 Å². The second kappa shape index (κ2) is 6.98. The molecule has 0 saturated heterocycles. The predicted molar refractivity (Wildman–Crippen MR) is 70.4 cm³/mol. The first-order chi connectivity index (χ1) is 8.54. The molecule has 0 aliphatic rings. The Morgan fingerprint density at radius 1 is 1.39 bits per heavy atom. The molecule has 0 saturated carbocycles. The molecule has 5 heteroatoms. The Morgan fingerprint density at radius 3 is 2.67 bits per heavy atom. The van der Waals surface area contributed by atoms with Crippen LogP contribution in [-0.4, -0.2) is 54.4 Å². The largest absolute Gasteiger partial charge is 0.394 e. The highest BCUT2D eigenvalue weighted by Gasteiger charge is 2.10. The lowest BCUT2D eigenvalue weighted by molar-refractivity contribution is -0.127. The monoisotopic (exact) mass is 252 g/mol. The molecule has 0 aliphatic heterocycles.